The third-order valence-electron chi connectivity index (χ3n) is 1.98. The van der Waals surface area contributed by atoms with E-state index in [1.54, 1.807) is 19.4 Å². The van der Waals surface area contributed by atoms with Crippen LogP contribution in [0.15, 0.2) is 22.4 Å². The van der Waals surface area contributed by atoms with Gasteiger partial charge in [0.25, 0.3) is 5.89 Å². The molecule has 3 aromatic heterocycles. The number of rotatable bonds is 2. The second-order valence-corrected chi connectivity index (χ2v) is 4.01. The van der Waals surface area contributed by atoms with E-state index in [1.807, 2.05) is 5.38 Å². The number of hydrogen-bond acceptors (Lipinski definition) is 6. The van der Waals surface area contributed by atoms with E-state index in [4.69, 9.17) is 4.52 Å². The van der Waals surface area contributed by atoms with Crippen LogP contribution < -0.4 is 0 Å². The van der Waals surface area contributed by atoms with Crippen molar-refractivity contribution in [1.29, 1.82) is 0 Å². The summed E-state index contributed by atoms with van der Waals surface area (Å²) in [6.07, 6.45) is 3.34. The fraction of sp³-hybridized carbons (Fsp3) is 0.111. The first-order chi connectivity index (χ1) is 7.83. The van der Waals surface area contributed by atoms with Crippen LogP contribution in [0.4, 0.5) is 0 Å². The Morgan fingerprint density at radius 3 is 3.00 bits per heavy atom. The average Bonchev–Trinajstić information content (AvgIpc) is 2.97. The minimum absolute atomic E-state index is 0.444. The van der Waals surface area contributed by atoms with Crippen molar-refractivity contribution >= 4 is 11.3 Å². The standard InChI is InChI=1S/C9H7N5OS/c1-5-12-8(15-14-5)7-3-16-9(13-7)6-2-10-4-11-6/h2-4H,1H3,(H,10,11). The largest absolute Gasteiger partial charge is 0.343 e. The lowest BCUT2D eigenvalue weighted by Gasteiger charge is -1.86. The Morgan fingerprint density at radius 2 is 2.31 bits per heavy atom. The Kier molecular flexibility index (Phi) is 2.03. The van der Waals surface area contributed by atoms with Crippen LogP contribution in [0, 0.1) is 6.92 Å². The minimum atomic E-state index is 0.444. The van der Waals surface area contributed by atoms with Crippen LogP contribution >= 0.6 is 11.3 Å². The Labute approximate surface area is 94.4 Å². The summed E-state index contributed by atoms with van der Waals surface area (Å²) in [4.78, 5) is 15.4. The van der Waals surface area contributed by atoms with E-state index in [9.17, 15) is 0 Å². The van der Waals surface area contributed by atoms with Crippen LogP contribution in [0.3, 0.4) is 0 Å². The summed E-state index contributed by atoms with van der Waals surface area (Å²) in [5.41, 5.74) is 1.57. The molecule has 0 amide bonds. The maximum Gasteiger partial charge on any atom is 0.277 e. The van der Waals surface area contributed by atoms with Crippen molar-refractivity contribution in [1.82, 2.24) is 25.1 Å². The van der Waals surface area contributed by atoms with Gasteiger partial charge in [0.15, 0.2) is 5.82 Å². The topological polar surface area (TPSA) is 80.5 Å². The van der Waals surface area contributed by atoms with Crippen molar-refractivity contribution in [3.8, 4) is 22.3 Å². The summed E-state index contributed by atoms with van der Waals surface area (Å²) in [7, 11) is 0. The van der Waals surface area contributed by atoms with E-state index in [2.05, 4.69) is 25.1 Å². The van der Waals surface area contributed by atoms with Gasteiger partial charge >= 0.3 is 0 Å². The lowest BCUT2D eigenvalue weighted by Crippen LogP contribution is -1.79. The molecule has 3 aromatic rings. The SMILES string of the molecule is Cc1noc(-c2csc(-c3cnc[nH]3)n2)n1. The van der Waals surface area contributed by atoms with Gasteiger partial charge in [-0.3, -0.25) is 0 Å². The molecule has 0 fully saturated rings. The van der Waals surface area contributed by atoms with Crippen molar-refractivity contribution in [3.05, 3.63) is 23.7 Å². The monoisotopic (exact) mass is 233 g/mol. The molecule has 0 aliphatic carbocycles. The van der Waals surface area contributed by atoms with Gasteiger partial charge in [-0.2, -0.15) is 4.98 Å². The number of aromatic nitrogens is 5. The van der Waals surface area contributed by atoms with Gasteiger partial charge in [0.05, 0.1) is 18.2 Å². The van der Waals surface area contributed by atoms with Crippen LogP contribution in [-0.4, -0.2) is 25.1 Å². The number of imidazole rings is 1. The van der Waals surface area contributed by atoms with E-state index in [1.165, 1.54) is 11.3 Å². The summed E-state index contributed by atoms with van der Waals surface area (Å²) in [5, 5.41) is 6.45. The van der Waals surface area contributed by atoms with Crippen LogP contribution in [0.5, 0.6) is 0 Å². The first-order valence-electron chi connectivity index (χ1n) is 4.58. The van der Waals surface area contributed by atoms with Crippen molar-refractivity contribution in [3.63, 3.8) is 0 Å². The zero-order valence-electron chi connectivity index (χ0n) is 8.34. The molecule has 0 saturated heterocycles. The molecule has 0 atom stereocenters. The first kappa shape index (κ1) is 9.22. The number of nitrogens with zero attached hydrogens (tertiary/aromatic N) is 4. The number of thiazole rings is 1. The Bertz CT molecular complexity index is 597. The van der Waals surface area contributed by atoms with Crippen LogP contribution in [0.2, 0.25) is 0 Å². The van der Waals surface area contributed by atoms with Gasteiger partial charge in [-0.15, -0.1) is 11.3 Å². The van der Waals surface area contributed by atoms with Gasteiger partial charge in [-0.25, -0.2) is 9.97 Å². The van der Waals surface area contributed by atoms with Crippen molar-refractivity contribution in [2.45, 2.75) is 6.92 Å². The first-order valence-corrected chi connectivity index (χ1v) is 5.46. The fourth-order valence-corrected chi connectivity index (χ4v) is 2.04. The van der Waals surface area contributed by atoms with Crippen molar-refractivity contribution in [2.24, 2.45) is 0 Å². The number of H-pyrrole nitrogens is 1. The van der Waals surface area contributed by atoms with Gasteiger partial charge in [0.1, 0.15) is 10.7 Å². The lowest BCUT2D eigenvalue weighted by atomic mass is 10.4. The second kappa shape index (κ2) is 3.53. The maximum absolute atomic E-state index is 5.04. The quantitative estimate of drug-likeness (QED) is 0.731. The predicted molar refractivity (Wildman–Crippen MR) is 57.7 cm³/mol. The zero-order chi connectivity index (χ0) is 11.0. The Morgan fingerprint density at radius 1 is 1.38 bits per heavy atom. The van der Waals surface area contributed by atoms with Gasteiger partial charge in [-0.05, 0) is 6.92 Å². The molecule has 0 bridgehead atoms. The molecular formula is C9H7N5OS. The molecule has 0 saturated carbocycles. The molecule has 0 aliphatic heterocycles. The summed E-state index contributed by atoms with van der Waals surface area (Å²) in [6, 6.07) is 0. The third kappa shape index (κ3) is 1.50. The number of aryl methyl sites for hydroxylation is 1. The second-order valence-electron chi connectivity index (χ2n) is 3.15. The maximum atomic E-state index is 5.04. The molecule has 7 heteroatoms. The van der Waals surface area contributed by atoms with Crippen LogP contribution in [0.25, 0.3) is 22.3 Å². The third-order valence-corrected chi connectivity index (χ3v) is 2.86. The van der Waals surface area contributed by atoms with Gasteiger partial charge in [-0.1, -0.05) is 5.16 Å². The Hall–Kier alpha value is -2.02. The molecule has 0 radical (unpaired) electrons. The normalized spacial score (nSPS) is 10.8. The van der Waals surface area contributed by atoms with Gasteiger partial charge < -0.3 is 9.51 Å². The van der Waals surface area contributed by atoms with E-state index in [0.29, 0.717) is 17.4 Å². The van der Waals surface area contributed by atoms with Crippen LogP contribution in [-0.2, 0) is 0 Å². The highest BCUT2D eigenvalue weighted by molar-refractivity contribution is 7.13. The highest BCUT2D eigenvalue weighted by Gasteiger charge is 2.12. The number of hydrogen-bond donors (Lipinski definition) is 1. The zero-order valence-corrected chi connectivity index (χ0v) is 9.15. The highest BCUT2D eigenvalue weighted by Crippen LogP contribution is 2.26. The molecule has 0 spiro atoms. The van der Waals surface area contributed by atoms with Crippen LogP contribution in [0.1, 0.15) is 5.82 Å². The fourth-order valence-electron chi connectivity index (χ4n) is 1.27. The van der Waals surface area contributed by atoms with Crippen molar-refractivity contribution in [2.75, 3.05) is 0 Å². The highest BCUT2D eigenvalue weighted by atomic mass is 32.1. The molecule has 16 heavy (non-hydrogen) atoms. The predicted octanol–water partition coefficient (Wildman–Crippen LogP) is 1.89. The molecular weight excluding hydrogens is 226 g/mol. The minimum Gasteiger partial charge on any atom is -0.343 e. The van der Waals surface area contributed by atoms with E-state index in [-0.39, 0.29) is 0 Å². The lowest BCUT2D eigenvalue weighted by molar-refractivity contribution is 0.424. The molecule has 0 unspecified atom stereocenters. The molecule has 0 aliphatic rings. The van der Waals surface area contributed by atoms with E-state index < -0.39 is 0 Å². The van der Waals surface area contributed by atoms with Gasteiger partial charge in [0.2, 0.25) is 0 Å². The molecule has 80 valence electrons. The molecule has 6 nitrogen and oxygen atoms in total. The number of nitrogens with one attached hydrogen (secondary N) is 1. The summed E-state index contributed by atoms with van der Waals surface area (Å²) in [5.74, 6) is 1.05. The average molecular weight is 233 g/mol. The summed E-state index contributed by atoms with van der Waals surface area (Å²) >= 11 is 1.50. The van der Waals surface area contributed by atoms with E-state index >= 15 is 0 Å². The van der Waals surface area contributed by atoms with E-state index in [0.717, 1.165) is 10.7 Å². The molecule has 0 aromatic carbocycles. The smallest absolute Gasteiger partial charge is 0.277 e. The number of aromatic amines is 1. The Balaban J connectivity index is 2.00. The molecule has 3 heterocycles. The summed E-state index contributed by atoms with van der Waals surface area (Å²) < 4.78 is 5.04. The van der Waals surface area contributed by atoms with Crippen molar-refractivity contribution < 1.29 is 4.52 Å². The van der Waals surface area contributed by atoms with Gasteiger partial charge in [0, 0.05) is 5.38 Å². The molecule has 1 N–H and O–H groups in total. The molecule has 3 rings (SSSR count). The summed E-state index contributed by atoms with van der Waals surface area (Å²) in [6.45, 7) is 1.77.